The molecule has 4 heterocycles. The summed E-state index contributed by atoms with van der Waals surface area (Å²) in [6.45, 7) is 27.2. The number of benzene rings is 2. The summed E-state index contributed by atoms with van der Waals surface area (Å²) in [5, 5.41) is 6.01. The second kappa shape index (κ2) is 8.94. The lowest BCUT2D eigenvalue weighted by molar-refractivity contribution is 1.43. The molecule has 4 heteroatoms. The smallest absolute Gasteiger partial charge is 0.0394 e. The maximum absolute atomic E-state index is 2.29. The van der Waals surface area contributed by atoms with E-state index in [4.69, 9.17) is 0 Å². The van der Waals surface area contributed by atoms with Crippen molar-refractivity contribution in [3.05, 3.63) is 64.0 Å². The van der Waals surface area contributed by atoms with Crippen LogP contribution in [0, 0.1) is 83.1 Å². The lowest BCUT2D eigenvalue weighted by atomic mass is 9.98. The molecular formula is C32H36S4. The molecule has 0 saturated heterocycles. The summed E-state index contributed by atoms with van der Waals surface area (Å²) < 4.78 is 5.99. The van der Waals surface area contributed by atoms with Crippen LogP contribution < -0.4 is 0 Å². The van der Waals surface area contributed by atoms with E-state index in [0.29, 0.717) is 0 Å². The second-order valence-corrected chi connectivity index (χ2v) is 15.3. The Labute approximate surface area is 231 Å². The Kier molecular flexibility index (Phi) is 6.43. The average Bonchev–Trinajstić information content (AvgIpc) is 3.50. The highest BCUT2D eigenvalue weighted by Gasteiger charge is 2.19. The van der Waals surface area contributed by atoms with Crippen molar-refractivity contribution in [2.75, 3.05) is 0 Å². The van der Waals surface area contributed by atoms with Crippen LogP contribution in [0.2, 0.25) is 0 Å². The number of thiophene rings is 4. The Balaban J connectivity index is 0.000000148. The van der Waals surface area contributed by atoms with Crippen LogP contribution in [0.25, 0.3) is 40.3 Å². The van der Waals surface area contributed by atoms with Gasteiger partial charge < -0.3 is 0 Å². The van der Waals surface area contributed by atoms with Crippen molar-refractivity contribution < 1.29 is 0 Å². The van der Waals surface area contributed by atoms with Gasteiger partial charge in [0.25, 0.3) is 0 Å². The van der Waals surface area contributed by atoms with E-state index in [9.17, 15) is 0 Å². The van der Waals surface area contributed by atoms with Crippen LogP contribution in [0.3, 0.4) is 0 Å². The quantitative estimate of drug-likeness (QED) is 0.177. The summed E-state index contributed by atoms with van der Waals surface area (Å²) >= 11 is 7.83. The van der Waals surface area contributed by atoms with E-state index in [-0.39, 0.29) is 0 Å². The van der Waals surface area contributed by atoms with Crippen molar-refractivity contribution in [2.24, 2.45) is 0 Å². The lowest BCUT2D eigenvalue weighted by Gasteiger charge is -2.06. The number of aryl methyl sites for hydroxylation is 12. The molecule has 4 aromatic heterocycles. The molecule has 0 fully saturated rings. The van der Waals surface area contributed by atoms with Crippen molar-refractivity contribution >= 4 is 85.7 Å². The Morgan fingerprint density at radius 3 is 0.750 bits per heavy atom. The maximum atomic E-state index is 2.29. The molecule has 0 saturated carbocycles. The number of rotatable bonds is 0. The first-order valence-electron chi connectivity index (χ1n) is 12.6. The Hall–Kier alpha value is -1.72. The molecule has 0 aliphatic rings. The SMILES string of the molecule is Cc1sc2c(C)c3c(C)c(C)sc3c(C)c2c1C.Cc1sc2c(C)c3sc(C)c(C)c3c(C)c2c1C. The maximum Gasteiger partial charge on any atom is 0.0394 e. The highest BCUT2D eigenvalue weighted by atomic mass is 32.1. The molecule has 0 amide bonds. The van der Waals surface area contributed by atoms with Crippen LogP contribution in [0.4, 0.5) is 0 Å². The molecule has 2 aromatic carbocycles. The van der Waals surface area contributed by atoms with E-state index in [2.05, 4.69) is 83.1 Å². The Morgan fingerprint density at radius 2 is 0.472 bits per heavy atom. The molecule has 0 N–H and O–H groups in total. The minimum absolute atomic E-state index is 1.46. The molecule has 36 heavy (non-hydrogen) atoms. The molecule has 0 aliphatic heterocycles. The number of hydrogen-bond donors (Lipinski definition) is 0. The molecule has 6 rings (SSSR count). The van der Waals surface area contributed by atoms with Gasteiger partial charge in [0.15, 0.2) is 0 Å². The first-order chi connectivity index (χ1) is 16.9. The summed E-state index contributed by atoms with van der Waals surface area (Å²) in [5.74, 6) is 0. The normalized spacial score (nSPS) is 11.9. The standard InChI is InChI=1S/2C16H18S2/c1-7-11(5)17-15-10(4)14-8(2)12(6)18-16(14)9(3)13(7)15;1-7-11(5)17-15-10(4)16-14(9(3)13(7)15)8(2)12(6)18-16/h2*1-6H3. The van der Waals surface area contributed by atoms with Crippen molar-refractivity contribution in [3.8, 4) is 0 Å². The van der Waals surface area contributed by atoms with Gasteiger partial charge in [0, 0.05) is 49.1 Å². The average molecular weight is 549 g/mol. The van der Waals surface area contributed by atoms with E-state index in [1.165, 1.54) is 104 Å². The second-order valence-electron chi connectivity index (χ2n) is 10.4. The molecule has 0 atom stereocenters. The van der Waals surface area contributed by atoms with Crippen molar-refractivity contribution in [1.29, 1.82) is 0 Å². The third-order valence-corrected chi connectivity index (χ3v) is 13.7. The molecule has 0 nitrogen and oxygen atoms in total. The Bertz CT molecular complexity index is 1710. The van der Waals surface area contributed by atoms with Gasteiger partial charge in [-0.1, -0.05) is 0 Å². The van der Waals surface area contributed by atoms with Gasteiger partial charge >= 0.3 is 0 Å². The van der Waals surface area contributed by atoms with Gasteiger partial charge in [-0.25, -0.2) is 0 Å². The summed E-state index contributed by atoms with van der Waals surface area (Å²) in [4.78, 5) is 5.85. The predicted octanol–water partition coefficient (Wildman–Crippen LogP) is 11.9. The van der Waals surface area contributed by atoms with Crippen LogP contribution in [0.15, 0.2) is 0 Å². The van der Waals surface area contributed by atoms with Crippen molar-refractivity contribution in [3.63, 3.8) is 0 Å². The number of fused-ring (bicyclic) bond motifs is 4. The molecule has 0 unspecified atom stereocenters. The van der Waals surface area contributed by atoms with Gasteiger partial charge in [0.1, 0.15) is 0 Å². The Morgan fingerprint density at radius 1 is 0.250 bits per heavy atom. The van der Waals surface area contributed by atoms with Gasteiger partial charge in [-0.05, 0) is 138 Å². The molecule has 0 bridgehead atoms. The largest absolute Gasteiger partial charge is 0.140 e. The predicted molar refractivity (Wildman–Crippen MR) is 171 cm³/mol. The summed E-state index contributed by atoms with van der Waals surface area (Å²) in [6.07, 6.45) is 0. The van der Waals surface area contributed by atoms with Gasteiger partial charge in [-0.3, -0.25) is 0 Å². The molecular weight excluding hydrogens is 513 g/mol. The summed E-state index contributed by atoms with van der Waals surface area (Å²) in [5.41, 5.74) is 11.8. The third-order valence-electron chi connectivity index (χ3n) is 8.40. The van der Waals surface area contributed by atoms with Crippen LogP contribution in [0.1, 0.15) is 64.0 Å². The third kappa shape index (κ3) is 3.55. The molecule has 0 spiro atoms. The van der Waals surface area contributed by atoms with Crippen LogP contribution >= 0.6 is 45.3 Å². The monoisotopic (exact) mass is 548 g/mol. The topological polar surface area (TPSA) is 0 Å². The molecule has 6 aromatic rings. The minimum Gasteiger partial charge on any atom is -0.140 e. The van der Waals surface area contributed by atoms with Crippen molar-refractivity contribution in [2.45, 2.75) is 83.1 Å². The zero-order chi connectivity index (χ0) is 26.4. The minimum atomic E-state index is 1.46. The van der Waals surface area contributed by atoms with Gasteiger partial charge in [-0.2, -0.15) is 0 Å². The first-order valence-corrected chi connectivity index (χ1v) is 15.9. The first kappa shape index (κ1) is 25.9. The lowest BCUT2D eigenvalue weighted by Crippen LogP contribution is -1.84. The highest BCUT2D eigenvalue weighted by Crippen LogP contribution is 2.45. The van der Waals surface area contributed by atoms with E-state index < -0.39 is 0 Å². The summed E-state index contributed by atoms with van der Waals surface area (Å²) in [7, 11) is 0. The molecule has 188 valence electrons. The van der Waals surface area contributed by atoms with E-state index in [0.717, 1.165) is 0 Å². The highest BCUT2D eigenvalue weighted by molar-refractivity contribution is 7.22. The fraction of sp³-hybridized carbons (Fsp3) is 0.375. The van der Waals surface area contributed by atoms with E-state index in [1.54, 1.807) is 0 Å². The van der Waals surface area contributed by atoms with Crippen LogP contribution in [-0.2, 0) is 0 Å². The van der Waals surface area contributed by atoms with Gasteiger partial charge in [-0.15, -0.1) is 45.3 Å². The van der Waals surface area contributed by atoms with E-state index in [1.807, 2.05) is 45.3 Å². The summed E-state index contributed by atoms with van der Waals surface area (Å²) in [6, 6.07) is 0. The van der Waals surface area contributed by atoms with Crippen molar-refractivity contribution in [1.82, 2.24) is 0 Å². The number of hydrogen-bond acceptors (Lipinski definition) is 4. The van der Waals surface area contributed by atoms with Crippen LogP contribution in [0.5, 0.6) is 0 Å². The fourth-order valence-corrected chi connectivity index (χ4v) is 10.8. The van der Waals surface area contributed by atoms with Gasteiger partial charge in [0.05, 0.1) is 0 Å². The fourth-order valence-electron chi connectivity index (χ4n) is 5.83. The zero-order valence-electron chi connectivity index (χ0n) is 23.6. The van der Waals surface area contributed by atoms with E-state index >= 15 is 0 Å². The molecule has 0 radical (unpaired) electrons. The molecule has 0 aliphatic carbocycles. The van der Waals surface area contributed by atoms with Crippen LogP contribution in [-0.4, -0.2) is 0 Å². The zero-order valence-corrected chi connectivity index (χ0v) is 26.9. The van der Waals surface area contributed by atoms with Gasteiger partial charge in [0.2, 0.25) is 0 Å².